The number of aryl methyl sites for hydroxylation is 1. The first-order valence-electron chi connectivity index (χ1n) is 5.97. The van der Waals surface area contributed by atoms with Crippen molar-refractivity contribution in [3.63, 3.8) is 0 Å². The van der Waals surface area contributed by atoms with E-state index in [4.69, 9.17) is 23.2 Å². The predicted octanol–water partition coefficient (Wildman–Crippen LogP) is 2.69. The van der Waals surface area contributed by atoms with Crippen LogP contribution in [0.25, 0.3) is 11.3 Å². The summed E-state index contributed by atoms with van der Waals surface area (Å²) >= 11 is 5.96. The number of nitrogen functional groups attached to an aromatic ring is 2. The van der Waals surface area contributed by atoms with Crippen LogP contribution in [0.1, 0.15) is 30.1 Å². The fraction of sp³-hybridized carbons (Fsp3) is 0.308. The van der Waals surface area contributed by atoms with E-state index in [1.807, 2.05) is 25.1 Å². The Morgan fingerprint density at radius 3 is 2.72 bits per heavy atom. The topological polar surface area (TPSA) is 69.9 Å². The predicted molar refractivity (Wildman–Crippen MR) is 73.9 cm³/mol. The molecule has 0 radical (unpaired) electrons. The minimum Gasteiger partial charge on any atom is -0.382 e. The molecule has 0 aliphatic heterocycles. The Morgan fingerprint density at radius 2 is 2.11 bits per heavy atom. The Morgan fingerprint density at radius 1 is 1.39 bits per heavy atom. The van der Waals surface area contributed by atoms with Gasteiger partial charge in [-0.15, -0.1) is 0 Å². The molecule has 1 heterocycles. The summed E-state index contributed by atoms with van der Waals surface area (Å²) in [4.78, 5) is 4.60. The normalized spacial score (nSPS) is 15.0. The smallest absolute Gasteiger partial charge is 0.150 e. The van der Waals surface area contributed by atoms with Gasteiger partial charge in [-0.1, -0.05) is 17.7 Å². The van der Waals surface area contributed by atoms with Crippen LogP contribution in [0.2, 0.25) is 5.02 Å². The molecule has 0 unspecified atom stereocenters. The number of halogens is 1. The molecular weight excluding hydrogens is 248 g/mol. The van der Waals surface area contributed by atoms with Crippen molar-refractivity contribution < 1.29 is 0 Å². The van der Waals surface area contributed by atoms with Crippen molar-refractivity contribution in [1.29, 1.82) is 0 Å². The lowest BCUT2D eigenvalue weighted by molar-refractivity contribution is 0.855. The van der Waals surface area contributed by atoms with Gasteiger partial charge in [-0.3, -0.25) is 0 Å². The lowest BCUT2D eigenvalue weighted by atomic mass is 10.1. The summed E-state index contributed by atoms with van der Waals surface area (Å²) in [6.45, 7) is 1.99. The van der Waals surface area contributed by atoms with Gasteiger partial charge in [0.2, 0.25) is 0 Å². The van der Waals surface area contributed by atoms with Gasteiger partial charge in [-0.2, -0.15) is 0 Å². The van der Waals surface area contributed by atoms with Crippen molar-refractivity contribution in [1.82, 2.24) is 9.66 Å². The van der Waals surface area contributed by atoms with Gasteiger partial charge in [0.15, 0.2) is 5.82 Å². The molecule has 4 N–H and O–H groups in total. The second kappa shape index (κ2) is 3.92. The number of hydrogen-bond donors (Lipinski definition) is 2. The summed E-state index contributed by atoms with van der Waals surface area (Å²) < 4.78 is 1.51. The van der Waals surface area contributed by atoms with Crippen molar-refractivity contribution >= 4 is 17.4 Å². The van der Waals surface area contributed by atoms with Gasteiger partial charge in [-0.05, 0) is 37.5 Å². The fourth-order valence-corrected chi connectivity index (χ4v) is 2.41. The van der Waals surface area contributed by atoms with Crippen LogP contribution in [0.15, 0.2) is 18.2 Å². The Kier molecular flexibility index (Phi) is 2.48. The molecule has 1 aromatic heterocycles. The Bertz CT molecular complexity index is 614. The Labute approximate surface area is 111 Å². The summed E-state index contributed by atoms with van der Waals surface area (Å²) in [5.41, 5.74) is 8.85. The minimum absolute atomic E-state index is 0.471. The molecule has 1 aliphatic carbocycles. The SMILES string of the molecule is Cc1cc(Cl)ccc1-c1nc(C2CC2)n(N)c1N. The molecule has 1 fully saturated rings. The van der Waals surface area contributed by atoms with E-state index in [9.17, 15) is 0 Å². The lowest BCUT2D eigenvalue weighted by Gasteiger charge is -2.04. The zero-order chi connectivity index (χ0) is 12.9. The molecule has 4 nitrogen and oxygen atoms in total. The molecule has 0 amide bonds. The molecule has 0 atom stereocenters. The molecule has 5 heteroatoms. The molecule has 94 valence electrons. The van der Waals surface area contributed by atoms with Gasteiger partial charge in [0.1, 0.15) is 11.5 Å². The summed E-state index contributed by atoms with van der Waals surface area (Å²) in [7, 11) is 0. The Hall–Kier alpha value is -1.68. The van der Waals surface area contributed by atoms with Gasteiger partial charge >= 0.3 is 0 Å². The molecule has 3 rings (SSSR count). The van der Waals surface area contributed by atoms with E-state index in [0.717, 1.165) is 35.5 Å². The van der Waals surface area contributed by atoms with E-state index >= 15 is 0 Å². The van der Waals surface area contributed by atoms with Crippen molar-refractivity contribution in [2.75, 3.05) is 11.6 Å². The van der Waals surface area contributed by atoms with E-state index < -0.39 is 0 Å². The highest BCUT2D eigenvalue weighted by Gasteiger charge is 2.30. The van der Waals surface area contributed by atoms with Crippen molar-refractivity contribution in [2.24, 2.45) is 0 Å². The van der Waals surface area contributed by atoms with Crippen LogP contribution in [-0.4, -0.2) is 9.66 Å². The number of imidazole rings is 1. The fourth-order valence-electron chi connectivity index (χ4n) is 2.18. The van der Waals surface area contributed by atoms with E-state index in [1.165, 1.54) is 4.68 Å². The van der Waals surface area contributed by atoms with E-state index in [-0.39, 0.29) is 0 Å². The highest BCUT2D eigenvalue weighted by Crippen LogP contribution is 2.41. The van der Waals surface area contributed by atoms with Gasteiger partial charge in [0.05, 0.1) is 0 Å². The third kappa shape index (κ3) is 1.73. The number of hydrogen-bond acceptors (Lipinski definition) is 3. The maximum atomic E-state index is 6.05. The quantitative estimate of drug-likeness (QED) is 0.818. The highest BCUT2D eigenvalue weighted by atomic mass is 35.5. The summed E-state index contributed by atoms with van der Waals surface area (Å²) in [6.07, 6.45) is 2.29. The zero-order valence-corrected chi connectivity index (χ0v) is 10.9. The number of nitrogens with zero attached hydrogens (tertiary/aromatic N) is 2. The van der Waals surface area contributed by atoms with E-state index in [1.54, 1.807) is 0 Å². The highest BCUT2D eigenvalue weighted by molar-refractivity contribution is 6.30. The van der Waals surface area contributed by atoms with Gasteiger partial charge in [0, 0.05) is 16.5 Å². The molecule has 18 heavy (non-hydrogen) atoms. The first-order valence-corrected chi connectivity index (χ1v) is 6.35. The molecule has 0 bridgehead atoms. The first kappa shape index (κ1) is 11.4. The molecule has 1 aliphatic rings. The van der Waals surface area contributed by atoms with Crippen molar-refractivity contribution in [3.8, 4) is 11.3 Å². The van der Waals surface area contributed by atoms with Gasteiger partial charge in [-0.25, -0.2) is 9.66 Å². The maximum absolute atomic E-state index is 6.05. The molecule has 0 saturated heterocycles. The molecular formula is C13H15ClN4. The number of aromatic nitrogens is 2. The summed E-state index contributed by atoms with van der Waals surface area (Å²) in [6, 6.07) is 5.69. The molecule has 1 aromatic carbocycles. The molecule has 1 saturated carbocycles. The average molecular weight is 263 g/mol. The van der Waals surface area contributed by atoms with Crippen LogP contribution in [0.4, 0.5) is 5.82 Å². The number of benzene rings is 1. The molecule has 2 aromatic rings. The van der Waals surface area contributed by atoms with Crippen LogP contribution < -0.4 is 11.6 Å². The summed E-state index contributed by atoms with van der Waals surface area (Å²) in [5.74, 6) is 7.84. The second-order valence-electron chi connectivity index (χ2n) is 4.81. The Balaban J connectivity index is 2.13. The van der Waals surface area contributed by atoms with Crippen molar-refractivity contribution in [2.45, 2.75) is 25.7 Å². The van der Waals surface area contributed by atoms with E-state index in [2.05, 4.69) is 4.98 Å². The number of anilines is 1. The van der Waals surface area contributed by atoms with Gasteiger partial charge < -0.3 is 11.6 Å². The zero-order valence-electron chi connectivity index (χ0n) is 10.2. The second-order valence-corrected chi connectivity index (χ2v) is 5.24. The van der Waals surface area contributed by atoms with Crippen LogP contribution >= 0.6 is 11.6 Å². The van der Waals surface area contributed by atoms with Crippen molar-refractivity contribution in [3.05, 3.63) is 34.6 Å². The first-order chi connectivity index (χ1) is 8.58. The third-order valence-electron chi connectivity index (χ3n) is 3.36. The molecule has 0 spiro atoms. The largest absolute Gasteiger partial charge is 0.382 e. The standard InChI is InChI=1S/C13H15ClN4/c1-7-6-9(14)4-5-10(7)11-12(15)18(16)13(17-11)8-2-3-8/h4-6,8H,2-3,15-16H2,1H3. The third-order valence-corrected chi connectivity index (χ3v) is 3.60. The number of rotatable bonds is 2. The van der Waals surface area contributed by atoms with Crippen LogP contribution in [0.5, 0.6) is 0 Å². The summed E-state index contributed by atoms with van der Waals surface area (Å²) in [5, 5.41) is 0.712. The monoisotopic (exact) mass is 262 g/mol. The maximum Gasteiger partial charge on any atom is 0.150 e. The number of nitrogens with two attached hydrogens (primary N) is 2. The lowest BCUT2D eigenvalue weighted by Crippen LogP contribution is -2.14. The average Bonchev–Trinajstić information content (AvgIpc) is 3.11. The van der Waals surface area contributed by atoms with Gasteiger partial charge in [0.25, 0.3) is 0 Å². The van der Waals surface area contributed by atoms with E-state index in [0.29, 0.717) is 16.8 Å². The van der Waals surface area contributed by atoms with Crippen LogP contribution in [0, 0.1) is 6.92 Å². The van der Waals surface area contributed by atoms with Crippen LogP contribution in [-0.2, 0) is 0 Å². The minimum atomic E-state index is 0.471. The van der Waals surface area contributed by atoms with Crippen LogP contribution in [0.3, 0.4) is 0 Å².